The minimum atomic E-state index is -0.842. The van der Waals surface area contributed by atoms with Crippen LogP contribution in [-0.2, 0) is 4.79 Å². The lowest BCUT2D eigenvalue weighted by atomic mass is 10.3. The van der Waals surface area contributed by atoms with Crippen LogP contribution < -0.4 is 0 Å². The predicted molar refractivity (Wildman–Crippen MR) is 37.4 cm³/mol. The van der Waals surface area contributed by atoms with Gasteiger partial charge in [0, 0.05) is 0 Å². The van der Waals surface area contributed by atoms with E-state index in [-0.39, 0.29) is 7.43 Å². The van der Waals surface area contributed by atoms with Crippen molar-refractivity contribution in [1.82, 2.24) is 0 Å². The standard InChI is InChI=1S/C4H8O2S.CH4/c1-2-3(7)4(5)6;/h3,7H,2H2,1H3,(H,5,6);1H4. The molecule has 0 heterocycles. The Bertz CT molecular complexity index is 72.8. The van der Waals surface area contributed by atoms with E-state index in [9.17, 15) is 4.79 Å². The van der Waals surface area contributed by atoms with Gasteiger partial charge in [0.1, 0.15) is 0 Å². The first kappa shape index (κ1) is 10.7. The highest BCUT2D eigenvalue weighted by Gasteiger charge is 2.06. The number of hydrogen-bond acceptors (Lipinski definition) is 2. The van der Waals surface area contributed by atoms with E-state index in [0.717, 1.165) is 0 Å². The summed E-state index contributed by atoms with van der Waals surface area (Å²) < 4.78 is 0. The summed E-state index contributed by atoms with van der Waals surface area (Å²) in [6.45, 7) is 1.78. The Hall–Kier alpha value is -0.180. The molecule has 3 heteroatoms. The maximum Gasteiger partial charge on any atom is 0.316 e. The average Bonchev–Trinajstić information content (AvgIpc) is 1.65. The molecule has 0 spiro atoms. The molecule has 0 saturated heterocycles. The second-order valence-corrected chi connectivity index (χ2v) is 1.89. The molecular formula is C5H12O2S. The fraction of sp³-hybridized carbons (Fsp3) is 0.800. The van der Waals surface area contributed by atoms with E-state index in [2.05, 4.69) is 12.6 Å². The maximum absolute atomic E-state index is 9.85. The van der Waals surface area contributed by atoms with E-state index in [1.807, 2.05) is 0 Å². The third kappa shape index (κ3) is 3.99. The van der Waals surface area contributed by atoms with Crippen LogP contribution in [0.15, 0.2) is 0 Å². The molecule has 1 N–H and O–H groups in total. The second-order valence-electron chi connectivity index (χ2n) is 1.26. The molecule has 0 aliphatic heterocycles. The first-order chi connectivity index (χ1) is 3.18. The maximum atomic E-state index is 9.85. The third-order valence-electron chi connectivity index (χ3n) is 0.672. The first-order valence-electron chi connectivity index (χ1n) is 2.09. The molecule has 50 valence electrons. The van der Waals surface area contributed by atoms with Gasteiger partial charge >= 0.3 is 5.97 Å². The van der Waals surface area contributed by atoms with E-state index in [1.54, 1.807) is 6.92 Å². The summed E-state index contributed by atoms with van der Waals surface area (Å²) >= 11 is 3.73. The Morgan fingerprint density at radius 2 is 2.25 bits per heavy atom. The van der Waals surface area contributed by atoms with E-state index in [0.29, 0.717) is 6.42 Å². The van der Waals surface area contributed by atoms with Gasteiger partial charge < -0.3 is 5.11 Å². The molecule has 8 heavy (non-hydrogen) atoms. The van der Waals surface area contributed by atoms with Crippen LogP contribution in [-0.4, -0.2) is 16.3 Å². The number of carboxylic acid groups (broad SMARTS) is 1. The Balaban J connectivity index is 0. The Kier molecular flexibility index (Phi) is 6.67. The summed E-state index contributed by atoms with van der Waals surface area (Å²) in [5, 5.41) is 7.62. The zero-order valence-corrected chi connectivity index (χ0v) is 4.98. The zero-order valence-electron chi connectivity index (χ0n) is 4.09. The average molecular weight is 136 g/mol. The van der Waals surface area contributed by atoms with Gasteiger partial charge in [0.15, 0.2) is 0 Å². The van der Waals surface area contributed by atoms with Crippen molar-refractivity contribution >= 4 is 18.6 Å². The van der Waals surface area contributed by atoms with E-state index in [1.165, 1.54) is 0 Å². The summed E-state index contributed by atoms with van der Waals surface area (Å²) in [6.07, 6.45) is 0.582. The number of rotatable bonds is 2. The van der Waals surface area contributed by atoms with Crippen molar-refractivity contribution in [3.8, 4) is 0 Å². The van der Waals surface area contributed by atoms with Crippen LogP contribution in [0, 0.1) is 0 Å². The largest absolute Gasteiger partial charge is 0.480 e. The van der Waals surface area contributed by atoms with Gasteiger partial charge in [0.2, 0.25) is 0 Å². The molecule has 0 aromatic rings. The summed E-state index contributed by atoms with van der Waals surface area (Å²) in [4.78, 5) is 9.85. The summed E-state index contributed by atoms with van der Waals surface area (Å²) in [5.74, 6) is -0.842. The molecule has 0 aliphatic rings. The molecule has 0 rings (SSSR count). The highest BCUT2D eigenvalue weighted by atomic mass is 32.1. The lowest BCUT2D eigenvalue weighted by Crippen LogP contribution is -2.10. The number of carbonyl (C=O) groups is 1. The Labute approximate surface area is 55.3 Å². The van der Waals surface area contributed by atoms with Crippen molar-refractivity contribution in [2.75, 3.05) is 0 Å². The van der Waals surface area contributed by atoms with Crippen LogP contribution in [0.1, 0.15) is 20.8 Å². The topological polar surface area (TPSA) is 37.3 Å². The smallest absolute Gasteiger partial charge is 0.316 e. The summed E-state index contributed by atoms with van der Waals surface area (Å²) in [7, 11) is 0. The van der Waals surface area contributed by atoms with Crippen molar-refractivity contribution in [2.24, 2.45) is 0 Å². The fourth-order valence-corrected chi connectivity index (χ4v) is 0.175. The molecule has 0 amide bonds. The molecule has 2 nitrogen and oxygen atoms in total. The van der Waals surface area contributed by atoms with Crippen LogP contribution >= 0.6 is 12.6 Å². The van der Waals surface area contributed by atoms with E-state index >= 15 is 0 Å². The van der Waals surface area contributed by atoms with Gasteiger partial charge in [0.25, 0.3) is 0 Å². The monoisotopic (exact) mass is 136 g/mol. The van der Waals surface area contributed by atoms with E-state index in [4.69, 9.17) is 5.11 Å². The summed E-state index contributed by atoms with van der Waals surface area (Å²) in [6, 6.07) is 0. The highest BCUT2D eigenvalue weighted by molar-refractivity contribution is 7.81. The lowest BCUT2D eigenvalue weighted by Gasteiger charge is -1.95. The SMILES string of the molecule is C.CCC(S)C(=O)O. The third-order valence-corrected chi connectivity index (χ3v) is 1.26. The van der Waals surface area contributed by atoms with Crippen LogP contribution in [0.2, 0.25) is 0 Å². The van der Waals surface area contributed by atoms with Crippen LogP contribution in [0.5, 0.6) is 0 Å². The van der Waals surface area contributed by atoms with Crippen LogP contribution in [0.25, 0.3) is 0 Å². The van der Waals surface area contributed by atoms with Gasteiger partial charge in [0.05, 0.1) is 5.25 Å². The molecule has 0 fully saturated rings. The highest BCUT2D eigenvalue weighted by Crippen LogP contribution is 1.97. The molecule has 0 aliphatic carbocycles. The van der Waals surface area contributed by atoms with Crippen molar-refractivity contribution in [1.29, 1.82) is 0 Å². The molecular weight excluding hydrogens is 124 g/mol. The summed E-state index contributed by atoms with van der Waals surface area (Å²) in [5.41, 5.74) is 0. The minimum absolute atomic E-state index is 0. The Morgan fingerprint density at radius 3 is 2.25 bits per heavy atom. The quantitative estimate of drug-likeness (QED) is 0.563. The normalized spacial score (nSPS) is 11.8. The lowest BCUT2D eigenvalue weighted by molar-refractivity contribution is -0.136. The van der Waals surface area contributed by atoms with Crippen LogP contribution in [0.3, 0.4) is 0 Å². The molecule has 1 atom stereocenters. The van der Waals surface area contributed by atoms with Gasteiger partial charge in [-0.25, -0.2) is 0 Å². The van der Waals surface area contributed by atoms with Crippen LogP contribution in [0.4, 0.5) is 0 Å². The van der Waals surface area contributed by atoms with Crippen molar-refractivity contribution < 1.29 is 9.90 Å². The van der Waals surface area contributed by atoms with Gasteiger partial charge in [-0.05, 0) is 6.42 Å². The molecule has 1 unspecified atom stereocenters. The minimum Gasteiger partial charge on any atom is -0.480 e. The first-order valence-corrected chi connectivity index (χ1v) is 2.61. The zero-order chi connectivity index (χ0) is 5.86. The van der Waals surface area contributed by atoms with E-state index < -0.39 is 11.2 Å². The van der Waals surface area contributed by atoms with Gasteiger partial charge in [-0.2, -0.15) is 12.6 Å². The number of thiol groups is 1. The van der Waals surface area contributed by atoms with Gasteiger partial charge in [-0.1, -0.05) is 14.4 Å². The number of hydrogen-bond donors (Lipinski definition) is 2. The second kappa shape index (κ2) is 4.97. The number of aliphatic carboxylic acids is 1. The van der Waals surface area contributed by atoms with Crippen molar-refractivity contribution in [2.45, 2.75) is 26.0 Å². The van der Waals surface area contributed by atoms with Gasteiger partial charge in [-0.3, -0.25) is 4.79 Å². The molecule has 0 saturated carbocycles. The van der Waals surface area contributed by atoms with Crippen molar-refractivity contribution in [3.63, 3.8) is 0 Å². The molecule has 0 bridgehead atoms. The predicted octanol–water partition coefficient (Wildman–Crippen LogP) is 1.42. The molecule has 0 aromatic heterocycles. The van der Waals surface area contributed by atoms with Crippen molar-refractivity contribution in [3.05, 3.63) is 0 Å². The molecule has 0 radical (unpaired) electrons. The molecule has 0 aromatic carbocycles. The van der Waals surface area contributed by atoms with Gasteiger partial charge in [-0.15, -0.1) is 0 Å². The fourth-order valence-electron chi connectivity index (χ4n) is 0.175. The number of carboxylic acids is 1. The Morgan fingerprint density at radius 1 is 1.88 bits per heavy atom.